The molecule has 1 N–H and O–H groups in total. The summed E-state index contributed by atoms with van der Waals surface area (Å²) in [5, 5.41) is 2.95. The summed E-state index contributed by atoms with van der Waals surface area (Å²) in [6.07, 6.45) is 1.03. The van der Waals surface area contributed by atoms with Gasteiger partial charge in [0.1, 0.15) is 5.75 Å². The fourth-order valence-electron chi connectivity index (χ4n) is 3.60. The largest absolute Gasteiger partial charge is 0.481 e. The molecule has 1 amide bonds. The molecule has 2 aromatic rings. The van der Waals surface area contributed by atoms with Crippen molar-refractivity contribution in [3.05, 3.63) is 54.1 Å². The van der Waals surface area contributed by atoms with Crippen LogP contribution in [0.25, 0.3) is 0 Å². The lowest BCUT2D eigenvalue weighted by Crippen LogP contribution is -2.44. The zero-order chi connectivity index (χ0) is 24.0. The summed E-state index contributed by atoms with van der Waals surface area (Å²) in [6.45, 7) is 6.49. The van der Waals surface area contributed by atoms with E-state index in [4.69, 9.17) is 4.74 Å². The van der Waals surface area contributed by atoms with Crippen LogP contribution in [0.15, 0.2) is 48.5 Å². The summed E-state index contributed by atoms with van der Waals surface area (Å²) < 4.78 is 30.4. The van der Waals surface area contributed by atoms with Crippen LogP contribution in [0.4, 0.5) is 11.4 Å². The third-order valence-electron chi connectivity index (χ3n) is 5.91. The van der Waals surface area contributed by atoms with Crippen LogP contribution in [0.2, 0.25) is 0 Å². The second-order valence-corrected chi connectivity index (χ2v) is 10.4. The molecule has 0 spiro atoms. The Morgan fingerprint density at radius 1 is 1.06 bits per heavy atom. The van der Waals surface area contributed by atoms with Crippen LogP contribution in [-0.2, 0) is 21.4 Å². The van der Waals surface area contributed by atoms with Crippen molar-refractivity contribution in [2.75, 3.05) is 55.7 Å². The molecule has 33 heavy (non-hydrogen) atoms. The topological polar surface area (TPSA) is 82.2 Å². The van der Waals surface area contributed by atoms with Crippen LogP contribution in [0.5, 0.6) is 5.75 Å². The van der Waals surface area contributed by atoms with Gasteiger partial charge in [-0.05, 0) is 55.4 Å². The molecule has 0 bridgehead atoms. The number of nitrogens with one attached hydrogen (secondary N) is 1. The third kappa shape index (κ3) is 6.85. The minimum Gasteiger partial charge on any atom is -0.481 e. The van der Waals surface area contributed by atoms with E-state index < -0.39 is 16.1 Å². The number of sulfonamides is 1. The average molecular weight is 475 g/mol. The zero-order valence-electron chi connectivity index (χ0n) is 19.8. The Balaban J connectivity index is 1.52. The molecule has 0 unspecified atom stereocenters. The normalized spacial score (nSPS) is 15.7. The van der Waals surface area contributed by atoms with Gasteiger partial charge < -0.3 is 19.9 Å². The van der Waals surface area contributed by atoms with Gasteiger partial charge in [-0.15, -0.1) is 0 Å². The lowest BCUT2D eigenvalue weighted by molar-refractivity contribution is -0.128. The van der Waals surface area contributed by atoms with Crippen molar-refractivity contribution in [3.63, 3.8) is 0 Å². The highest BCUT2D eigenvalue weighted by atomic mass is 32.2. The van der Waals surface area contributed by atoms with E-state index in [1.165, 1.54) is 17.0 Å². The Hall–Kier alpha value is -2.78. The summed E-state index contributed by atoms with van der Waals surface area (Å²) in [7, 11) is 0.302. The molecule has 9 heteroatoms. The van der Waals surface area contributed by atoms with E-state index in [-0.39, 0.29) is 5.91 Å². The molecule has 3 rings (SSSR count). The van der Waals surface area contributed by atoms with Gasteiger partial charge in [0.25, 0.3) is 5.91 Å². The Morgan fingerprint density at radius 3 is 2.21 bits per heavy atom. The van der Waals surface area contributed by atoms with Gasteiger partial charge in [-0.1, -0.05) is 19.1 Å². The fraction of sp³-hybridized carbons (Fsp3) is 0.458. The van der Waals surface area contributed by atoms with Crippen LogP contribution in [0.3, 0.4) is 0 Å². The fourth-order valence-corrected chi connectivity index (χ4v) is 4.11. The summed E-state index contributed by atoms with van der Waals surface area (Å²) in [6, 6.07) is 15.0. The van der Waals surface area contributed by atoms with E-state index >= 15 is 0 Å². The second-order valence-electron chi connectivity index (χ2n) is 8.41. The first-order valence-electron chi connectivity index (χ1n) is 11.2. The van der Waals surface area contributed by atoms with E-state index in [9.17, 15) is 13.2 Å². The zero-order valence-corrected chi connectivity index (χ0v) is 20.6. The van der Waals surface area contributed by atoms with Gasteiger partial charge in [0, 0.05) is 45.5 Å². The number of anilines is 2. The quantitative estimate of drug-likeness (QED) is 0.601. The van der Waals surface area contributed by atoms with Crippen LogP contribution in [-0.4, -0.2) is 71.9 Å². The van der Waals surface area contributed by atoms with Crippen molar-refractivity contribution < 1.29 is 17.9 Å². The third-order valence-corrected chi connectivity index (χ3v) is 7.12. The second kappa shape index (κ2) is 10.9. The molecule has 8 nitrogen and oxygen atoms in total. The molecule has 0 saturated carbocycles. The molecule has 2 aromatic carbocycles. The predicted octanol–water partition coefficient (Wildman–Crippen LogP) is 2.31. The van der Waals surface area contributed by atoms with Crippen molar-refractivity contribution in [1.29, 1.82) is 0 Å². The maximum Gasteiger partial charge on any atom is 0.261 e. The minimum atomic E-state index is -3.33. The van der Waals surface area contributed by atoms with E-state index in [0.717, 1.165) is 38.0 Å². The molecule has 0 aliphatic carbocycles. The lowest BCUT2D eigenvalue weighted by atomic mass is 10.1. The highest BCUT2D eigenvalue weighted by Crippen LogP contribution is 2.22. The molecule has 1 atom stereocenters. The van der Waals surface area contributed by atoms with Gasteiger partial charge in [-0.3, -0.25) is 9.10 Å². The van der Waals surface area contributed by atoms with E-state index in [1.54, 1.807) is 24.3 Å². The van der Waals surface area contributed by atoms with Crippen LogP contribution >= 0.6 is 0 Å². The van der Waals surface area contributed by atoms with Gasteiger partial charge >= 0.3 is 0 Å². The van der Waals surface area contributed by atoms with E-state index in [0.29, 0.717) is 24.4 Å². The maximum atomic E-state index is 12.7. The highest BCUT2D eigenvalue weighted by molar-refractivity contribution is 7.92. The molecule has 1 fully saturated rings. The van der Waals surface area contributed by atoms with Crippen molar-refractivity contribution in [1.82, 2.24) is 10.2 Å². The van der Waals surface area contributed by atoms with Gasteiger partial charge in [-0.2, -0.15) is 0 Å². The number of hydrogen-bond acceptors (Lipinski definition) is 6. The van der Waals surface area contributed by atoms with E-state index in [2.05, 4.69) is 34.3 Å². The van der Waals surface area contributed by atoms with Crippen molar-refractivity contribution in [3.8, 4) is 5.75 Å². The smallest absolute Gasteiger partial charge is 0.261 e. The standard InChI is InChI=1S/C24H34N4O4S/c1-5-23(32-22-12-10-20(11-13-22)27(3)33(4,30)31)24(29)25-18-19-6-8-21(9-7-19)28-16-14-26(2)15-17-28/h6-13,23H,5,14-18H2,1-4H3,(H,25,29)/t23-/m1/s1. The number of carbonyl (C=O) groups excluding carboxylic acids is 1. The van der Waals surface area contributed by atoms with Gasteiger partial charge in [0.15, 0.2) is 6.10 Å². The van der Waals surface area contributed by atoms with Gasteiger partial charge in [-0.25, -0.2) is 8.42 Å². The molecule has 1 aliphatic rings. The van der Waals surface area contributed by atoms with Gasteiger partial charge in [0.2, 0.25) is 10.0 Å². The maximum absolute atomic E-state index is 12.7. The molecule has 1 aliphatic heterocycles. The van der Waals surface area contributed by atoms with Crippen LogP contribution in [0, 0.1) is 0 Å². The summed E-state index contributed by atoms with van der Waals surface area (Å²) in [5.74, 6) is 0.331. The molecular formula is C24H34N4O4S. The summed E-state index contributed by atoms with van der Waals surface area (Å²) in [4.78, 5) is 17.4. The highest BCUT2D eigenvalue weighted by Gasteiger charge is 2.19. The number of carbonyl (C=O) groups is 1. The number of benzene rings is 2. The van der Waals surface area contributed by atoms with Crippen molar-refractivity contribution in [2.45, 2.75) is 26.0 Å². The predicted molar refractivity (Wildman–Crippen MR) is 132 cm³/mol. The van der Waals surface area contributed by atoms with Crippen LogP contribution < -0.4 is 19.3 Å². The minimum absolute atomic E-state index is 0.182. The van der Waals surface area contributed by atoms with Crippen molar-refractivity contribution in [2.24, 2.45) is 0 Å². The number of ether oxygens (including phenoxy) is 1. The van der Waals surface area contributed by atoms with Crippen molar-refractivity contribution >= 4 is 27.3 Å². The number of amides is 1. The molecule has 0 radical (unpaired) electrons. The molecule has 1 heterocycles. The monoisotopic (exact) mass is 474 g/mol. The summed E-state index contributed by atoms with van der Waals surface area (Å²) >= 11 is 0. The number of likely N-dealkylation sites (N-methyl/N-ethyl adjacent to an activating group) is 1. The average Bonchev–Trinajstić information content (AvgIpc) is 2.81. The number of hydrogen-bond donors (Lipinski definition) is 1. The lowest BCUT2D eigenvalue weighted by Gasteiger charge is -2.34. The Morgan fingerprint density at radius 2 is 1.67 bits per heavy atom. The Kier molecular flexibility index (Phi) is 8.20. The first-order valence-corrected chi connectivity index (χ1v) is 13.0. The van der Waals surface area contributed by atoms with Crippen LogP contribution in [0.1, 0.15) is 18.9 Å². The first-order chi connectivity index (χ1) is 15.7. The summed E-state index contributed by atoms with van der Waals surface area (Å²) in [5.41, 5.74) is 2.77. The number of nitrogens with zero attached hydrogens (tertiary/aromatic N) is 3. The molecule has 1 saturated heterocycles. The number of rotatable bonds is 9. The SMILES string of the molecule is CC[C@@H](Oc1ccc(N(C)S(C)(=O)=O)cc1)C(=O)NCc1ccc(N2CCN(C)CC2)cc1. The Labute approximate surface area is 197 Å². The molecule has 180 valence electrons. The molecule has 0 aromatic heterocycles. The first kappa shape index (κ1) is 24.9. The molecular weight excluding hydrogens is 440 g/mol. The van der Waals surface area contributed by atoms with E-state index in [1.807, 2.05) is 19.1 Å². The Bertz CT molecular complexity index is 1020. The number of piperazine rings is 1. The van der Waals surface area contributed by atoms with Gasteiger partial charge in [0.05, 0.1) is 11.9 Å².